The van der Waals surface area contributed by atoms with Gasteiger partial charge in [-0.2, -0.15) is 0 Å². The topological polar surface area (TPSA) is 87.7 Å². The van der Waals surface area contributed by atoms with E-state index in [1.54, 1.807) is 12.1 Å². The number of carbonyl (C=O) groups is 1. The summed E-state index contributed by atoms with van der Waals surface area (Å²) in [7, 11) is -3.15. The molecule has 23 heavy (non-hydrogen) atoms. The summed E-state index contributed by atoms with van der Waals surface area (Å²) < 4.78 is 29.8. The van der Waals surface area contributed by atoms with Crippen molar-refractivity contribution in [3.63, 3.8) is 0 Å². The molecular weight excluding hydrogens is 318 g/mol. The van der Waals surface area contributed by atoms with Crippen molar-refractivity contribution in [1.29, 1.82) is 0 Å². The second-order valence-corrected chi connectivity index (χ2v) is 7.45. The number of hydrogen-bond acceptors (Lipinski definition) is 4. The number of anilines is 1. The van der Waals surface area contributed by atoms with Gasteiger partial charge >= 0.3 is 6.03 Å². The molecule has 1 saturated heterocycles. The molecule has 1 heterocycles. The van der Waals surface area contributed by atoms with Gasteiger partial charge in [-0.05, 0) is 31.9 Å². The minimum Gasteiger partial charge on any atom is -0.492 e. The molecule has 1 aromatic rings. The van der Waals surface area contributed by atoms with Crippen molar-refractivity contribution in [2.24, 2.45) is 0 Å². The Kier molecular flexibility index (Phi) is 5.84. The number of piperidine rings is 1. The number of urea groups is 1. The Bertz CT molecular complexity index is 640. The van der Waals surface area contributed by atoms with E-state index in [2.05, 4.69) is 10.6 Å². The maximum absolute atomic E-state index is 12.1. The molecule has 0 radical (unpaired) electrons. The summed E-state index contributed by atoms with van der Waals surface area (Å²) in [6.07, 6.45) is 2.42. The van der Waals surface area contributed by atoms with E-state index in [-0.39, 0.29) is 12.1 Å². The summed E-state index contributed by atoms with van der Waals surface area (Å²) in [6.45, 7) is 3.26. The first-order valence-electron chi connectivity index (χ1n) is 7.64. The van der Waals surface area contributed by atoms with Crippen LogP contribution in [0.5, 0.6) is 5.75 Å². The second kappa shape index (κ2) is 7.65. The summed E-state index contributed by atoms with van der Waals surface area (Å²) in [5.74, 6) is 0.622. The summed E-state index contributed by atoms with van der Waals surface area (Å²) in [5.41, 5.74) is 0.612. The Hall–Kier alpha value is -1.80. The van der Waals surface area contributed by atoms with E-state index < -0.39 is 10.0 Å². The molecule has 0 saturated carbocycles. The highest BCUT2D eigenvalue weighted by Gasteiger charge is 2.25. The highest BCUT2D eigenvalue weighted by Crippen LogP contribution is 2.23. The van der Waals surface area contributed by atoms with Crippen LogP contribution in [0.1, 0.15) is 19.8 Å². The lowest BCUT2D eigenvalue weighted by Crippen LogP contribution is -2.47. The van der Waals surface area contributed by atoms with E-state index in [0.29, 0.717) is 44.0 Å². The van der Waals surface area contributed by atoms with Gasteiger partial charge in [-0.25, -0.2) is 17.5 Å². The molecule has 2 rings (SSSR count). The molecular formula is C15H23N3O4S. The summed E-state index contributed by atoms with van der Waals surface area (Å²) >= 11 is 0. The standard InChI is InChI=1S/C15H23N3O4S/c1-3-22-14-7-5-4-6-13(14)17-15(19)16-12-8-10-18(11-9-12)23(2,20)21/h4-7,12H,3,8-11H2,1-2H3,(H2,16,17,19). The third-order valence-electron chi connectivity index (χ3n) is 3.69. The Morgan fingerprint density at radius 3 is 2.57 bits per heavy atom. The third kappa shape index (κ3) is 5.11. The predicted molar refractivity (Wildman–Crippen MR) is 89.2 cm³/mol. The number of para-hydroxylation sites is 2. The first kappa shape index (κ1) is 17.6. The van der Waals surface area contributed by atoms with Crippen LogP contribution in [0.25, 0.3) is 0 Å². The number of nitrogens with zero attached hydrogens (tertiary/aromatic N) is 1. The molecule has 0 spiro atoms. The maximum Gasteiger partial charge on any atom is 0.319 e. The van der Waals surface area contributed by atoms with Crippen molar-refractivity contribution < 1.29 is 17.9 Å². The molecule has 7 nitrogen and oxygen atoms in total. The van der Waals surface area contributed by atoms with Crippen molar-refractivity contribution in [3.05, 3.63) is 24.3 Å². The van der Waals surface area contributed by atoms with Crippen LogP contribution in [-0.2, 0) is 10.0 Å². The van der Waals surface area contributed by atoms with Gasteiger partial charge < -0.3 is 15.4 Å². The molecule has 2 amide bonds. The van der Waals surface area contributed by atoms with Gasteiger partial charge in [-0.1, -0.05) is 12.1 Å². The van der Waals surface area contributed by atoms with Crippen LogP contribution in [-0.4, -0.2) is 50.7 Å². The molecule has 0 aromatic heterocycles. The van der Waals surface area contributed by atoms with Gasteiger partial charge in [0.1, 0.15) is 5.75 Å². The Morgan fingerprint density at radius 2 is 1.96 bits per heavy atom. The number of ether oxygens (including phenoxy) is 1. The normalized spacial score (nSPS) is 16.8. The fourth-order valence-electron chi connectivity index (χ4n) is 2.53. The smallest absolute Gasteiger partial charge is 0.319 e. The van der Waals surface area contributed by atoms with Gasteiger partial charge in [0, 0.05) is 19.1 Å². The highest BCUT2D eigenvalue weighted by molar-refractivity contribution is 7.88. The number of rotatable bonds is 5. The van der Waals surface area contributed by atoms with Gasteiger partial charge in [-0.15, -0.1) is 0 Å². The van der Waals surface area contributed by atoms with Crippen LogP contribution in [0.15, 0.2) is 24.3 Å². The number of nitrogens with one attached hydrogen (secondary N) is 2. The molecule has 1 aliphatic heterocycles. The zero-order chi connectivity index (χ0) is 16.9. The first-order valence-corrected chi connectivity index (χ1v) is 9.49. The van der Waals surface area contributed by atoms with Crippen LogP contribution >= 0.6 is 0 Å². The molecule has 0 aliphatic carbocycles. The minimum atomic E-state index is -3.15. The number of carbonyl (C=O) groups excluding carboxylic acids is 1. The molecule has 0 bridgehead atoms. The lowest BCUT2D eigenvalue weighted by Gasteiger charge is -2.30. The van der Waals surface area contributed by atoms with Crippen molar-refractivity contribution in [2.75, 3.05) is 31.3 Å². The van der Waals surface area contributed by atoms with Crippen LogP contribution in [0, 0.1) is 0 Å². The van der Waals surface area contributed by atoms with E-state index in [9.17, 15) is 13.2 Å². The van der Waals surface area contributed by atoms with E-state index >= 15 is 0 Å². The molecule has 8 heteroatoms. The Labute approximate surface area is 137 Å². The van der Waals surface area contributed by atoms with Gasteiger partial charge in [0.15, 0.2) is 0 Å². The van der Waals surface area contributed by atoms with Gasteiger partial charge in [0.2, 0.25) is 10.0 Å². The van der Waals surface area contributed by atoms with Crippen LogP contribution < -0.4 is 15.4 Å². The molecule has 0 unspecified atom stereocenters. The molecule has 2 N–H and O–H groups in total. The number of benzene rings is 1. The van der Waals surface area contributed by atoms with Crippen LogP contribution in [0.4, 0.5) is 10.5 Å². The fraction of sp³-hybridized carbons (Fsp3) is 0.533. The summed E-state index contributed by atoms with van der Waals surface area (Å²) in [5, 5.41) is 5.66. The fourth-order valence-corrected chi connectivity index (χ4v) is 3.40. The molecule has 1 fully saturated rings. The third-order valence-corrected chi connectivity index (χ3v) is 5.00. The Morgan fingerprint density at radius 1 is 1.30 bits per heavy atom. The van der Waals surface area contributed by atoms with Crippen LogP contribution in [0.3, 0.4) is 0 Å². The van der Waals surface area contributed by atoms with Crippen molar-refractivity contribution in [2.45, 2.75) is 25.8 Å². The minimum absolute atomic E-state index is 0.0349. The summed E-state index contributed by atoms with van der Waals surface area (Å²) in [6, 6.07) is 6.89. The Balaban J connectivity index is 1.87. The van der Waals surface area contributed by atoms with E-state index in [1.807, 2.05) is 19.1 Å². The lowest BCUT2D eigenvalue weighted by atomic mass is 10.1. The van der Waals surface area contributed by atoms with E-state index in [4.69, 9.17) is 4.74 Å². The largest absolute Gasteiger partial charge is 0.492 e. The van der Waals surface area contributed by atoms with E-state index in [1.165, 1.54) is 10.6 Å². The first-order chi connectivity index (χ1) is 10.9. The number of amides is 2. The van der Waals surface area contributed by atoms with E-state index in [0.717, 1.165) is 0 Å². The number of hydrogen-bond donors (Lipinski definition) is 2. The summed E-state index contributed by atoms with van der Waals surface area (Å²) in [4.78, 5) is 12.1. The molecule has 1 aromatic carbocycles. The van der Waals surface area contributed by atoms with Gasteiger partial charge in [0.05, 0.1) is 18.6 Å². The molecule has 1 aliphatic rings. The number of sulfonamides is 1. The van der Waals surface area contributed by atoms with Gasteiger partial charge in [0.25, 0.3) is 0 Å². The SMILES string of the molecule is CCOc1ccccc1NC(=O)NC1CCN(S(C)(=O)=O)CC1. The van der Waals surface area contributed by atoms with Crippen molar-refractivity contribution >= 4 is 21.7 Å². The zero-order valence-corrected chi connectivity index (χ0v) is 14.2. The quantitative estimate of drug-likeness (QED) is 0.852. The maximum atomic E-state index is 12.1. The molecule has 128 valence electrons. The lowest BCUT2D eigenvalue weighted by molar-refractivity contribution is 0.238. The highest BCUT2D eigenvalue weighted by atomic mass is 32.2. The van der Waals surface area contributed by atoms with Crippen molar-refractivity contribution in [3.8, 4) is 5.75 Å². The van der Waals surface area contributed by atoms with Crippen molar-refractivity contribution in [1.82, 2.24) is 9.62 Å². The average molecular weight is 341 g/mol. The average Bonchev–Trinajstić information content (AvgIpc) is 2.49. The predicted octanol–water partition coefficient (Wildman–Crippen LogP) is 1.63. The molecule has 0 atom stereocenters. The second-order valence-electron chi connectivity index (χ2n) is 5.46. The zero-order valence-electron chi connectivity index (χ0n) is 13.4. The van der Waals surface area contributed by atoms with Gasteiger partial charge in [-0.3, -0.25) is 0 Å². The van der Waals surface area contributed by atoms with Crippen LogP contribution in [0.2, 0.25) is 0 Å². The monoisotopic (exact) mass is 341 g/mol.